The molecule has 0 bridgehead atoms. The van der Waals surface area contributed by atoms with Crippen molar-refractivity contribution in [1.29, 1.82) is 0 Å². The van der Waals surface area contributed by atoms with E-state index in [-0.39, 0.29) is 17.9 Å². The van der Waals surface area contributed by atoms with Gasteiger partial charge in [-0.1, -0.05) is 36.4 Å². The zero-order chi connectivity index (χ0) is 17.9. The Labute approximate surface area is 154 Å². The van der Waals surface area contributed by atoms with Crippen LogP contribution in [0.5, 0.6) is 0 Å². The zero-order valence-electron chi connectivity index (χ0n) is 15.0. The molecule has 0 spiro atoms. The van der Waals surface area contributed by atoms with Crippen LogP contribution < -0.4 is 5.32 Å². The van der Waals surface area contributed by atoms with Crippen LogP contribution in [-0.4, -0.2) is 23.5 Å². The van der Waals surface area contributed by atoms with Crippen LogP contribution in [0.1, 0.15) is 48.3 Å². The number of hydrogen-bond acceptors (Lipinski definition) is 1. The van der Waals surface area contributed by atoms with Crippen molar-refractivity contribution in [3.05, 3.63) is 71.0 Å². The van der Waals surface area contributed by atoms with Crippen molar-refractivity contribution in [2.75, 3.05) is 6.54 Å². The second kappa shape index (κ2) is 7.48. The average Bonchev–Trinajstić information content (AvgIpc) is 3.49. The van der Waals surface area contributed by atoms with Gasteiger partial charge in [0.05, 0.1) is 0 Å². The van der Waals surface area contributed by atoms with Crippen molar-refractivity contribution < 1.29 is 9.18 Å². The first-order chi connectivity index (χ1) is 12.7. The number of benzene rings is 2. The number of carbonyl (C=O) groups excluding carboxylic acids is 1. The van der Waals surface area contributed by atoms with Crippen LogP contribution >= 0.6 is 0 Å². The van der Waals surface area contributed by atoms with Gasteiger partial charge in [-0.2, -0.15) is 0 Å². The molecule has 0 aliphatic heterocycles. The Morgan fingerprint density at radius 2 is 1.96 bits per heavy atom. The van der Waals surface area contributed by atoms with Crippen molar-refractivity contribution in [2.45, 2.75) is 50.6 Å². The lowest BCUT2D eigenvalue weighted by atomic mass is 9.83. The first-order valence-electron chi connectivity index (χ1n) is 9.57. The van der Waals surface area contributed by atoms with Crippen molar-refractivity contribution in [1.82, 2.24) is 10.2 Å². The lowest BCUT2D eigenvalue weighted by Gasteiger charge is -2.28. The third-order valence-electron chi connectivity index (χ3n) is 5.48. The van der Waals surface area contributed by atoms with E-state index < -0.39 is 0 Å². The Morgan fingerprint density at radius 1 is 1.12 bits per heavy atom. The van der Waals surface area contributed by atoms with Crippen molar-refractivity contribution in [2.24, 2.45) is 0 Å². The number of halogens is 1. The minimum atomic E-state index is -0.252. The quantitative estimate of drug-likeness (QED) is 0.837. The van der Waals surface area contributed by atoms with Crippen LogP contribution in [0.3, 0.4) is 0 Å². The third kappa shape index (κ3) is 3.90. The molecule has 0 heterocycles. The summed E-state index contributed by atoms with van der Waals surface area (Å²) in [6.45, 7) is 1.14. The number of nitrogens with zero attached hydrogens (tertiary/aromatic N) is 1. The molecule has 2 aromatic carbocycles. The number of amides is 2. The predicted molar refractivity (Wildman–Crippen MR) is 100 cm³/mol. The highest BCUT2D eigenvalue weighted by Crippen LogP contribution is 2.32. The fourth-order valence-corrected chi connectivity index (χ4v) is 3.96. The molecule has 1 unspecified atom stereocenters. The number of aryl methyl sites for hydroxylation is 1. The van der Waals surface area contributed by atoms with E-state index >= 15 is 0 Å². The highest BCUT2D eigenvalue weighted by molar-refractivity contribution is 5.75. The normalized spacial score (nSPS) is 18.9. The summed E-state index contributed by atoms with van der Waals surface area (Å²) in [7, 11) is 0. The number of hydrogen-bond donors (Lipinski definition) is 1. The minimum Gasteiger partial charge on any atom is -0.337 e. The van der Waals surface area contributed by atoms with E-state index in [1.807, 2.05) is 11.0 Å². The molecule has 0 saturated heterocycles. The average molecular weight is 352 g/mol. The largest absolute Gasteiger partial charge is 0.337 e. The van der Waals surface area contributed by atoms with Gasteiger partial charge >= 0.3 is 6.03 Å². The smallest absolute Gasteiger partial charge is 0.317 e. The van der Waals surface area contributed by atoms with Gasteiger partial charge in [0.15, 0.2) is 0 Å². The lowest BCUT2D eigenvalue weighted by Crippen LogP contribution is -2.42. The van der Waals surface area contributed by atoms with Crippen LogP contribution in [-0.2, 0) is 13.0 Å². The maximum atomic E-state index is 13.4. The number of nitrogens with one attached hydrogen (secondary N) is 1. The van der Waals surface area contributed by atoms with Crippen molar-refractivity contribution in [3.63, 3.8) is 0 Å². The molecule has 26 heavy (non-hydrogen) atoms. The number of rotatable bonds is 5. The Kier molecular flexibility index (Phi) is 4.91. The van der Waals surface area contributed by atoms with E-state index in [0.29, 0.717) is 19.0 Å². The number of fused-ring (bicyclic) bond motifs is 1. The molecule has 0 radical (unpaired) electrons. The molecule has 0 aromatic heterocycles. The highest BCUT2D eigenvalue weighted by Gasteiger charge is 2.33. The van der Waals surface area contributed by atoms with Gasteiger partial charge in [0, 0.05) is 25.0 Å². The highest BCUT2D eigenvalue weighted by atomic mass is 19.1. The van der Waals surface area contributed by atoms with Crippen molar-refractivity contribution >= 4 is 6.03 Å². The molecule has 136 valence electrons. The van der Waals surface area contributed by atoms with Gasteiger partial charge in [0.2, 0.25) is 0 Å². The molecule has 4 heteroatoms. The van der Waals surface area contributed by atoms with Gasteiger partial charge in [0.25, 0.3) is 0 Å². The lowest BCUT2D eigenvalue weighted by molar-refractivity contribution is 0.191. The molecule has 2 aliphatic carbocycles. The Balaban J connectivity index is 1.40. The summed E-state index contributed by atoms with van der Waals surface area (Å²) in [6.07, 6.45) is 5.50. The zero-order valence-corrected chi connectivity index (χ0v) is 15.0. The maximum Gasteiger partial charge on any atom is 0.317 e. The van der Waals surface area contributed by atoms with Crippen LogP contribution in [0.25, 0.3) is 0 Å². The first kappa shape index (κ1) is 17.1. The molecular formula is C22H25FN2O. The summed E-state index contributed by atoms with van der Waals surface area (Å²) in [5.41, 5.74) is 3.63. The van der Waals surface area contributed by atoms with Gasteiger partial charge in [-0.05, 0) is 60.9 Å². The molecule has 1 fully saturated rings. The van der Waals surface area contributed by atoms with E-state index in [9.17, 15) is 9.18 Å². The molecule has 1 saturated carbocycles. The second-order valence-corrected chi connectivity index (χ2v) is 7.46. The van der Waals surface area contributed by atoms with Crippen LogP contribution in [0.4, 0.5) is 9.18 Å². The molecule has 3 nitrogen and oxygen atoms in total. The monoisotopic (exact) mass is 352 g/mol. The van der Waals surface area contributed by atoms with Gasteiger partial charge in [-0.3, -0.25) is 0 Å². The van der Waals surface area contributed by atoms with Crippen molar-refractivity contribution in [3.8, 4) is 0 Å². The summed E-state index contributed by atoms with van der Waals surface area (Å²) in [6, 6.07) is 15.4. The standard InChI is InChI=1S/C22H25FN2O/c23-19-9-3-5-16(13-19)15-25(20-11-12-20)22(26)24-14-18-8-4-7-17-6-1-2-10-21(17)18/h1-3,5-6,9-10,13,18,20H,4,7-8,11-12,14-15H2,(H,24,26). The summed E-state index contributed by atoms with van der Waals surface area (Å²) >= 11 is 0. The Bertz CT molecular complexity index is 787. The molecular weight excluding hydrogens is 327 g/mol. The summed E-state index contributed by atoms with van der Waals surface area (Å²) < 4.78 is 13.4. The first-order valence-corrected chi connectivity index (χ1v) is 9.57. The molecule has 2 aromatic rings. The molecule has 1 atom stereocenters. The second-order valence-electron chi connectivity index (χ2n) is 7.46. The molecule has 2 aliphatic rings. The Morgan fingerprint density at radius 3 is 2.77 bits per heavy atom. The topological polar surface area (TPSA) is 32.3 Å². The Hall–Kier alpha value is -2.36. The van der Waals surface area contributed by atoms with E-state index in [2.05, 4.69) is 29.6 Å². The van der Waals surface area contributed by atoms with Gasteiger partial charge < -0.3 is 10.2 Å². The van der Waals surface area contributed by atoms with E-state index in [4.69, 9.17) is 0 Å². The number of urea groups is 1. The molecule has 2 amide bonds. The summed E-state index contributed by atoms with van der Waals surface area (Å²) in [5, 5.41) is 3.14. The third-order valence-corrected chi connectivity index (χ3v) is 5.48. The predicted octanol–water partition coefficient (Wildman–Crippen LogP) is 4.62. The minimum absolute atomic E-state index is 0.0279. The van der Waals surface area contributed by atoms with Crippen LogP contribution in [0.2, 0.25) is 0 Å². The summed E-state index contributed by atoms with van der Waals surface area (Å²) in [4.78, 5) is 14.7. The summed E-state index contributed by atoms with van der Waals surface area (Å²) in [5.74, 6) is 0.136. The fraction of sp³-hybridized carbons (Fsp3) is 0.409. The van der Waals surface area contributed by atoms with Gasteiger partial charge in [-0.15, -0.1) is 0 Å². The SMILES string of the molecule is O=C(NCC1CCCc2ccccc21)N(Cc1cccc(F)c1)C1CC1. The molecule has 4 rings (SSSR count). The molecule has 1 N–H and O–H groups in total. The van der Waals surface area contributed by atoms with Gasteiger partial charge in [0.1, 0.15) is 5.82 Å². The van der Waals surface area contributed by atoms with E-state index in [0.717, 1.165) is 31.2 Å². The van der Waals surface area contributed by atoms with Crippen LogP contribution in [0, 0.1) is 5.82 Å². The maximum absolute atomic E-state index is 13.4. The van der Waals surface area contributed by atoms with Crippen LogP contribution in [0.15, 0.2) is 48.5 Å². The van der Waals surface area contributed by atoms with Gasteiger partial charge in [-0.25, -0.2) is 9.18 Å². The van der Waals surface area contributed by atoms with E-state index in [1.165, 1.54) is 29.7 Å². The number of carbonyl (C=O) groups is 1. The fourth-order valence-electron chi connectivity index (χ4n) is 3.96. The van der Waals surface area contributed by atoms with E-state index in [1.54, 1.807) is 6.07 Å².